The van der Waals surface area contributed by atoms with Gasteiger partial charge >= 0.3 is 12.1 Å². The van der Waals surface area contributed by atoms with Crippen molar-refractivity contribution in [3.63, 3.8) is 0 Å². The largest absolute Gasteiger partial charge is 0.468 e. The zero-order valence-corrected chi connectivity index (χ0v) is 12.8. The van der Waals surface area contributed by atoms with Crippen molar-refractivity contribution < 1.29 is 19.1 Å². The van der Waals surface area contributed by atoms with Crippen LogP contribution in [0.3, 0.4) is 0 Å². The highest BCUT2D eigenvalue weighted by Crippen LogP contribution is 2.09. The number of methoxy groups -OCH3 is 1. The Bertz CT molecular complexity index is 300. The molecule has 0 aromatic rings. The van der Waals surface area contributed by atoms with Crippen LogP contribution in [-0.4, -0.2) is 55.9 Å². The number of hydrogen-bond donors (Lipinski definition) is 1. The number of amides is 1. The second kappa shape index (κ2) is 7.99. The van der Waals surface area contributed by atoms with Crippen molar-refractivity contribution in [3.05, 3.63) is 0 Å². The summed E-state index contributed by atoms with van der Waals surface area (Å²) in [4.78, 5) is 24.3. The minimum absolute atomic E-state index is 0.291. The fraction of sp³-hybridized carbons (Fsp3) is 0.846. The van der Waals surface area contributed by atoms with Gasteiger partial charge in [0.1, 0.15) is 11.6 Å². The lowest BCUT2D eigenvalue weighted by atomic mass is 10.2. The number of ether oxygens (including phenoxy) is 2. The Morgan fingerprint density at radius 1 is 1.32 bits per heavy atom. The normalized spacial score (nSPS) is 12.7. The van der Waals surface area contributed by atoms with E-state index in [4.69, 9.17) is 4.74 Å². The summed E-state index contributed by atoms with van der Waals surface area (Å²) in [5.41, 5.74) is -0.483. The van der Waals surface area contributed by atoms with E-state index < -0.39 is 5.60 Å². The average molecular weight is 274 g/mol. The number of esters is 1. The van der Waals surface area contributed by atoms with Crippen LogP contribution in [0.1, 0.15) is 34.1 Å². The van der Waals surface area contributed by atoms with Gasteiger partial charge in [-0.25, -0.2) is 4.79 Å². The van der Waals surface area contributed by atoms with Crippen molar-refractivity contribution in [2.45, 2.75) is 45.8 Å². The molecule has 6 heteroatoms. The number of hydrogen-bond acceptors (Lipinski definition) is 5. The molecule has 1 N–H and O–H groups in total. The van der Waals surface area contributed by atoms with E-state index in [2.05, 4.69) is 10.1 Å². The molecule has 1 amide bonds. The lowest BCUT2D eigenvalue weighted by Crippen LogP contribution is -2.38. The lowest BCUT2D eigenvalue weighted by molar-refractivity contribution is -0.142. The maximum absolute atomic E-state index is 11.7. The molecule has 0 aliphatic rings. The topological polar surface area (TPSA) is 67.9 Å². The monoisotopic (exact) mass is 274 g/mol. The molecule has 0 fully saturated rings. The molecule has 0 radical (unpaired) electrons. The molecule has 6 nitrogen and oxygen atoms in total. The van der Waals surface area contributed by atoms with Crippen LogP contribution in [0.5, 0.6) is 0 Å². The molecule has 0 aliphatic heterocycles. The Balaban J connectivity index is 3.83. The third-order valence-electron chi connectivity index (χ3n) is 2.38. The van der Waals surface area contributed by atoms with Gasteiger partial charge in [-0.2, -0.15) is 0 Å². The second-order valence-electron chi connectivity index (χ2n) is 5.45. The SMILES string of the molecule is COC(=O)C(C)NCCCN(C)C(=O)OC(C)(C)C. The van der Waals surface area contributed by atoms with E-state index in [0.29, 0.717) is 13.1 Å². The standard InChI is InChI=1S/C13H26N2O4/c1-10(11(16)18-6)14-8-7-9-15(5)12(17)19-13(2,3)4/h10,14H,7-9H2,1-6H3. The molecule has 19 heavy (non-hydrogen) atoms. The van der Waals surface area contributed by atoms with E-state index in [1.807, 2.05) is 20.8 Å². The van der Waals surface area contributed by atoms with Crippen molar-refractivity contribution in [1.29, 1.82) is 0 Å². The molecule has 0 rings (SSSR count). The fourth-order valence-electron chi connectivity index (χ4n) is 1.33. The minimum atomic E-state index is -0.483. The summed E-state index contributed by atoms with van der Waals surface area (Å²) in [6, 6.07) is -0.336. The van der Waals surface area contributed by atoms with Crippen LogP contribution in [-0.2, 0) is 14.3 Å². The highest BCUT2D eigenvalue weighted by atomic mass is 16.6. The van der Waals surface area contributed by atoms with Crippen LogP contribution in [0.15, 0.2) is 0 Å². The number of carbonyl (C=O) groups excluding carboxylic acids is 2. The lowest BCUT2D eigenvalue weighted by Gasteiger charge is -2.24. The van der Waals surface area contributed by atoms with Gasteiger partial charge in [0.2, 0.25) is 0 Å². The van der Waals surface area contributed by atoms with E-state index in [9.17, 15) is 9.59 Å². The Labute approximate surface area is 115 Å². The van der Waals surface area contributed by atoms with Gasteiger partial charge in [0.25, 0.3) is 0 Å². The van der Waals surface area contributed by atoms with Gasteiger partial charge in [0, 0.05) is 13.6 Å². The smallest absolute Gasteiger partial charge is 0.410 e. The van der Waals surface area contributed by atoms with E-state index in [0.717, 1.165) is 6.42 Å². The summed E-state index contributed by atoms with van der Waals surface area (Å²) in [6.07, 6.45) is 0.394. The zero-order chi connectivity index (χ0) is 15.1. The van der Waals surface area contributed by atoms with Gasteiger partial charge in [0.05, 0.1) is 7.11 Å². The summed E-state index contributed by atoms with van der Waals surface area (Å²) in [6.45, 7) is 8.43. The first-order valence-corrected chi connectivity index (χ1v) is 6.42. The van der Waals surface area contributed by atoms with E-state index in [-0.39, 0.29) is 18.1 Å². The number of rotatable bonds is 6. The van der Waals surface area contributed by atoms with Crippen molar-refractivity contribution in [2.24, 2.45) is 0 Å². The third-order valence-corrected chi connectivity index (χ3v) is 2.38. The molecule has 0 bridgehead atoms. The molecule has 0 saturated carbocycles. The van der Waals surface area contributed by atoms with E-state index >= 15 is 0 Å². The third kappa shape index (κ3) is 8.42. The van der Waals surface area contributed by atoms with Gasteiger partial charge in [-0.15, -0.1) is 0 Å². The fourth-order valence-corrected chi connectivity index (χ4v) is 1.33. The van der Waals surface area contributed by atoms with Crippen molar-refractivity contribution >= 4 is 12.1 Å². The number of carbonyl (C=O) groups is 2. The Kier molecular flexibility index (Phi) is 7.44. The molecule has 112 valence electrons. The van der Waals surface area contributed by atoms with Gasteiger partial charge in [-0.1, -0.05) is 0 Å². The highest BCUT2D eigenvalue weighted by Gasteiger charge is 2.19. The maximum Gasteiger partial charge on any atom is 0.410 e. The molecule has 0 spiro atoms. The maximum atomic E-state index is 11.7. The first-order valence-electron chi connectivity index (χ1n) is 6.42. The number of nitrogens with zero attached hydrogens (tertiary/aromatic N) is 1. The van der Waals surface area contributed by atoms with Crippen LogP contribution >= 0.6 is 0 Å². The molecule has 0 aliphatic carbocycles. The Hall–Kier alpha value is -1.30. The predicted molar refractivity (Wildman–Crippen MR) is 73.0 cm³/mol. The molecule has 0 aromatic carbocycles. The summed E-state index contributed by atoms with van der Waals surface area (Å²) in [7, 11) is 3.05. The van der Waals surface area contributed by atoms with E-state index in [1.165, 1.54) is 12.0 Å². The van der Waals surface area contributed by atoms with Crippen LogP contribution in [0, 0.1) is 0 Å². The summed E-state index contributed by atoms with van der Waals surface area (Å²) >= 11 is 0. The van der Waals surface area contributed by atoms with Gasteiger partial charge < -0.3 is 19.7 Å². The molecular formula is C13H26N2O4. The highest BCUT2D eigenvalue weighted by molar-refractivity contribution is 5.75. The van der Waals surface area contributed by atoms with E-state index in [1.54, 1.807) is 14.0 Å². The van der Waals surface area contributed by atoms with Crippen LogP contribution < -0.4 is 5.32 Å². The molecule has 0 saturated heterocycles. The molecule has 1 unspecified atom stereocenters. The van der Waals surface area contributed by atoms with Gasteiger partial charge in [-0.3, -0.25) is 4.79 Å². The quantitative estimate of drug-likeness (QED) is 0.585. The van der Waals surface area contributed by atoms with Crippen LogP contribution in [0.2, 0.25) is 0 Å². The average Bonchev–Trinajstić information content (AvgIpc) is 2.30. The number of nitrogens with one attached hydrogen (secondary N) is 1. The first kappa shape index (κ1) is 17.7. The molecular weight excluding hydrogens is 248 g/mol. The molecule has 0 heterocycles. The summed E-state index contributed by atoms with van der Waals surface area (Å²) < 4.78 is 9.82. The summed E-state index contributed by atoms with van der Waals surface area (Å²) in [5.74, 6) is -0.291. The predicted octanol–water partition coefficient (Wildman–Crippen LogP) is 1.39. The Morgan fingerprint density at radius 3 is 2.37 bits per heavy atom. The first-order chi connectivity index (χ1) is 8.67. The zero-order valence-electron chi connectivity index (χ0n) is 12.8. The van der Waals surface area contributed by atoms with Crippen molar-refractivity contribution in [1.82, 2.24) is 10.2 Å². The van der Waals surface area contributed by atoms with Gasteiger partial charge in [-0.05, 0) is 40.7 Å². The molecule has 0 aromatic heterocycles. The van der Waals surface area contributed by atoms with Crippen LogP contribution in [0.4, 0.5) is 4.79 Å². The summed E-state index contributed by atoms with van der Waals surface area (Å²) in [5, 5.41) is 3.02. The Morgan fingerprint density at radius 2 is 1.89 bits per heavy atom. The van der Waals surface area contributed by atoms with Gasteiger partial charge in [0.15, 0.2) is 0 Å². The van der Waals surface area contributed by atoms with Crippen LogP contribution in [0.25, 0.3) is 0 Å². The second-order valence-corrected chi connectivity index (χ2v) is 5.45. The van der Waals surface area contributed by atoms with Crippen molar-refractivity contribution in [2.75, 3.05) is 27.2 Å². The molecule has 1 atom stereocenters. The van der Waals surface area contributed by atoms with Crippen molar-refractivity contribution in [3.8, 4) is 0 Å². The minimum Gasteiger partial charge on any atom is -0.468 e.